The van der Waals surface area contributed by atoms with E-state index in [1.54, 1.807) is 31.4 Å². The summed E-state index contributed by atoms with van der Waals surface area (Å²) in [5.41, 5.74) is 0.738. The summed E-state index contributed by atoms with van der Waals surface area (Å²) in [4.78, 5) is 37.4. The second kappa shape index (κ2) is 8.89. The van der Waals surface area contributed by atoms with Crippen LogP contribution in [-0.2, 0) is 19.1 Å². The minimum Gasteiger partial charge on any atom is -0.493 e. The van der Waals surface area contributed by atoms with Crippen LogP contribution < -0.4 is 14.8 Å². The molecule has 0 saturated carbocycles. The molecule has 2 amide bonds. The van der Waals surface area contributed by atoms with Crippen LogP contribution in [0.3, 0.4) is 0 Å². The maximum absolute atomic E-state index is 12.5. The number of hydrogen-bond acceptors (Lipinski definition) is 6. The number of esters is 1. The Kier molecular flexibility index (Phi) is 6.60. The maximum atomic E-state index is 12.5. The molecule has 0 aliphatic carbocycles. The van der Waals surface area contributed by atoms with Crippen molar-refractivity contribution in [2.24, 2.45) is 0 Å². The van der Waals surface area contributed by atoms with E-state index in [1.165, 1.54) is 25.2 Å². The van der Waals surface area contributed by atoms with E-state index < -0.39 is 12.0 Å². The number of amides is 2. The number of methoxy groups -OCH3 is 3. The number of nitrogens with zero attached hydrogens (tertiary/aromatic N) is 1. The van der Waals surface area contributed by atoms with E-state index in [-0.39, 0.29) is 18.2 Å². The van der Waals surface area contributed by atoms with Crippen molar-refractivity contribution < 1.29 is 28.6 Å². The molecule has 0 aromatic heterocycles. The molecule has 0 bridgehead atoms. The summed E-state index contributed by atoms with van der Waals surface area (Å²) in [6, 6.07) is 4.37. The summed E-state index contributed by atoms with van der Waals surface area (Å²) < 4.78 is 15.0. The Morgan fingerprint density at radius 1 is 1.23 bits per heavy atom. The summed E-state index contributed by atoms with van der Waals surface area (Å²) >= 11 is 0. The monoisotopic (exact) mass is 362 g/mol. The first-order valence-electron chi connectivity index (χ1n) is 8.05. The van der Waals surface area contributed by atoms with Crippen molar-refractivity contribution in [2.45, 2.75) is 12.5 Å². The van der Waals surface area contributed by atoms with Crippen LogP contribution in [0.4, 0.5) is 0 Å². The van der Waals surface area contributed by atoms with Gasteiger partial charge in [0.25, 0.3) is 0 Å². The predicted molar refractivity (Wildman–Crippen MR) is 93.7 cm³/mol. The average Bonchev–Trinajstić information content (AvgIpc) is 2.67. The van der Waals surface area contributed by atoms with E-state index in [4.69, 9.17) is 9.47 Å². The average molecular weight is 362 g/mol. The highest BCUT2D eigenvalue weighted by Gasteiger charge is 2.34. The molecule has 1 unspecified atom stereocenters. The molecule has 1 N–H and O–H groups in total. The molecule has 1 atom stereocenters. The zero-order valence-electron chi connectivity index (χ0n) is 15.0. The molecular weight excluding hydrogens is 340 g/mol. The molecule has 1 saturated heterocycles. The third-order valence-corrected chi connectivity index (χ3v) is 4.03. The Balaban J connectivity index is 2.14. The van der Waals surface area contributed by atoms with E-state index >= 15 is 0 Å². The molecule has 140 valence electrons. The van der Waals surface area contributed by atoms with Crippen LogP contribution >= 0.6 is 0 Å². The first-order chi connectivity index (χ1) is 12.5. The van der Waals surface area contributed by atoms with Crippen molar-refractivity contribution in [2.75, 3.05) is 34.4 Å². The normalized spacial score (nSPS) is 17.0. The van der Waals surface area contributed by atoms with Crippen molar-refractivity contribution in [1.82, 2.24) is 10.2 Å². The fraction of sp³-hybridized carbons (Fsp3) is 0.389. The van der Waals surface area contributed by atoms with Crippen LogP contribution in [0, 0.1) is 0 Å². The Labute approximate surface area is 151 Å². The second-order valence-corrected chi connectivity index (χ2v) is 5.57. The molecular formula is C18H22N2O6. The number of ether oxygens (including phenoxy) is 3. The van der Waals surface area contributed by atoms with Crippen molar-refractivity contribution >= 4 is 23.9 Å². The molecule has 0 spiro atoms. The third-order valence-electron chi connectivity index (χ3n) is 4.03. The Morgan fingerprint density at radius 2 is 1.96 bits per heavy atom. The lowest BCUT2D eigenvalue weighted by molar-refractivity contribution is -0.148. The molecule has 2 rings (SSSR count). The van der Waals surface area contributed by atoms with E-state index in [1.807, 2.05) is 0 Å². The van der Waals surface area contributed by atoms with Gasteiger partial charge in [-0.15, -0.1) is 0 Å². The summed E-state index contributed by atoms with van der Waals surface area (Å²) in [5.74, 6) is -0.142. The van der Waals surface area contributed by atoms with Crippen molar-refractivity contribution in [3.8, 4) is 11.5 Å². The Morgan fingerprint density at radius 3 is 2.62 bits per heavy atom. The summed E-state index contributed by atoms with van der Waals surface area (Å²) in [5, 5.41) is 2.65. The lowest BCUT2D eigenvalue weighted by atomic mass is 10.1. The first-order valence-corrected chi connectivity index (χ1v) is 8.05. The van der Waals surface area contributed by atoms with Crippen molar-refractivity contribution in [3.63, 3.8) is 0 Å². The van der Waals surface area contributed by atoms with E-state index in [2.05, 4.69) is 10.1 Å². The topological polar surface area (TPSA) is 94.2 Å². The SMILES string of the molecule is COC(=O)CC1C(=O)NCCN1C(=O)/C=C/c1ccc(OC)c(OC)c1. The number of hydrogen-bond donors (Lipinski definition) is 1. The summed E-state index contributed by atoms with van der Waals surface area (Å²) in [7, 11) is 4.31. The van der Waals surface area contributed by atoms with Gasteiger partial charge in [0.15, 0.2) is 11.5 Å². The standard InChI is InChI=1S/C18H22N2O6/c1-24-14-6-4-12(10-15(14)25-2)5-7-16(21)20-9-8-19-18(23)13(20)11-17(22)26-3/h4-7,10,13H,8-9,11H2,1-3H3,(H,19,23)/b7-5+. The zero-order valence-corrected chi connectivity index (χ0v) is 15.0. The van der Waals surface area contributed by atoms with Gasteiger partial charge in [0.1, 0.15) is 6.04 Å². The maximum Gasteiger partial charge on any atom is 0.308 e. The Bertz CT molecular complexity index is 716. The number of rotatable bonds is 6. The molecule has 1 fully saturated rings. The van der Waals surface area contributed by atoms with E-state index in [0.29, 0.717) is 24.6 Å². The summed E-state index contributed by atoms with van der Waals surface area (Å²) in [6.45, 7) is 0.662. The van der Waals surface area contributed by atoms with Gasteiger partial charge < -0.3 is 24.4 Å². The molecule has 0 radical (unpaired) electrons. The Hall–Kier alpha value is -3.03. The highest BCUT2D eigenvalue weighted by molar-refractivity contribution is 5.97. The van der Waals surface area contributed by atoms with E-state index in [0.717, 1.165) is 5.56 Å². The fourth-order valence-electron chi connectivity index (χ4n) is 2.64. The van der Waals surface area contributed by atoms with E-state index in [9.17, 15) is 14.4 Å². The second-order valence-electron chi connectivity index (χ2n) is 5.57. The quantitative estimate of drug-likeness (QED) is 0.589. The molecule has 8 nitrogen and oxygen atoms in total. The predicted octanol–water partition coefficient (Wildman–Crippen LogP) is 0.607. The highest BCUT2D eigenvalue weighted by atomic mass is 16.5. The molecule has 8 heteroatoms. The van der Waals surface area contributed by atoms with Crippen LogP contribution in [0.25, 0.3) is 6.08 Å². The zero-order chi connectivity index (χ0) is 19.1. The van der Waals surface area contributed by atoms with Gasteiger partial charge in [0.05, 0.1) is 27.8 Å². The lowest BCUT2D eigenvalue weighted by Gasteiger charge is -2.33. The van der Waals surface area contributed by atoms with Gasteiger partial charge in [-0.1, -0.05) is 6.07 Å². The van der Waals surface area contributed by atoms with Gasteiger partial charge in [-0.3, -0.25) is 14.4 Å². The lowest BCUT2D eigenvalue weighted by Crippen LogP contribution is -2.57. The van der Waals surface area contributed by atoms with Crippen LogP contribution in [0.5, 0.6) is 11.5 Å². The minimum atomic E-state index is -0.876. The number of piperazine rings is 1. The fourth-order valence-corrected chi connectivity index (χ4v) is 2.64. The van der Waals surface area contributed by atoms with Crippen molar-refractivity contribution in [1.29, 1.82) is 0 Å². The van der Waals surface area contributed by atoms with Crippen molar-refractivity contribution in [3.05, 3.63) is 29.8 Å². The van der Waals surface area contributed by atoms with Gasteiger partial charge in [0, 0.05) is 19.2 Å². The van der Waals surface area contributed by atoms with Crippen LogP contribution in [0.2, 0.25) is 0 Å². The van der Waals surface area contributed by atoms with Crippen LogP contribution in [0.15, 0.2) is 24.3 Å². The smallest absolute Gasteiger partial charge is 0.308 e. The molecule has 1 heterocycles. The number of carbonyl (C=O) groups excluding carboxylic acids is 3. The number of carbonyl (C=O) groups is 3. The molecule has 1 aromatic carbocycles. The van der Waals surface area contributed by atoms with Crippen LogP contribution in [-0.4, -0.2) is 63.1 Å². The van der Waals surface area contributed by atoms with Gasteiger partial charge in [0.2, 0.25) is 11.8 Å². The van der Waals surface area contributed by atoms with Crippen LogP contribution in [0.1, 0.15) is 12.0 Å². The highest BCUT2D eigenvalue weighted by Crippen LogP contribution is 2.28. The number of benzene rings is 1. The van der Waals surface area contributed by atoms with Gasteiger partial charge in [-0.25, -0.2) is 0 Å². The molecule has 1 aliphatic rings. The van der Waals surface area contributed by atoms with Gasteiger partial charge in [-0.05, 0) is 23.8 Å². The van der Waals surface area contributed by atoms with Gasteiger partial charge >= 0.3 is 5.97 Å². The third kappa shape index (κ3) is 4.53. The summed E-state index contributed by atoms with van der Waals surface area (Å²) in [6.07, 6.45) is 2.80. The van der Waals surface area contributed by atoms with Gasteiger partial charge in [-0.2, -0.15) is 0 Å². The number of nitrogens with one attached hydrogen (secondary N) is 1. The largest absolute Gasteiger partial charge is 0.493 e. The molecule has 1 aliphatic heterocycles. The minimum absolute atomic E-state index is 0.182. The first kappa shape index (κ1) is 19.3. The molecule has 1 aromatic rings. The molecule has 26 heavy (non-hydrogen) atoms.